The second kappa shape index (κ2) is 10.4. The Bertz CT molecular complexity index is 861. The molecule has 0 saturated heterocycles. The molecule has 0 aliphatic carbocycles. The van der Waals surface area contributed by atoms with Gasteiger partial charge in [-0.3, -0.25) is 9.59 Å². The molecule has 0 aromatic heterocycles. The monoisotopic (exact) mass is 410 g/mol. The van der Waals surface area contributed by atoms with E-state index in [1.807, 2.05) is 0 Å². The number of hydrogen-bond donors (Lipinski definition) is 1. The van der Waals surface area contributed by atoms with Crippen LogP contribution in [0, 0.1) is 5.82 Å². The van der Waals surface area contributed by atoms with Crippen molar-refractivity contribution >= 4 is 11.8 Å². The fourth-order valence-corrected chi connectivity index (χ4v) is 2.50. The normalized spacial score (nSPS) is 10.6. The van der Waals surface area contributed by atoms with Gasteiger partial charge in [-0.2, -0.15) is 8.78 Å². The van der Waals surface area contributed by atoms with Crippen molar-refractivity contribution in [1.82, 2.24) is 10.2 Å². The van der Waals surface area contributed by atoms with Crippen molar-refractivity contribution in [3.8, 4) is 11.5 Å². The molecule has 0 saturated carbocycles. The van der Waals surface area contributed by atoms with Crippen LogP contribution < -0.4 is 14.8 Å². The Morgan fingerprint density at radius 3 is 2.55 bits per heavy atom. The molecule has 2 aromatic rings. The van der Waals surface area contributed by atoms with Gasteiger partial charge in [0.05, 0.1) is 13.2 Å². The molecule has 0 unspecified atom stereocenters. The van der Waals surface area contributed by atoms with Crippen LogP contribution in [-0.2, 0) is 11.3 Å². The summed E-state index contributed by atoms with van der Waals surface area (Å²) in [6.07, 6.45) is 0. The highest BCUT2D eigenvalue weighted by molar-refractivity contribution is 5.96. The minimum Gasteiger partial charge on any atom is -0.490 e. The molecule has 1 N–H and O–H groups in total. The van der Waals surface area contributed by atoms with Crippen LogP contribution in [0.4, 0.5) is 13.2 Å². The second-order valence-corrected chi connectivity index (χ2v) is 6.04. The lowest BCUT2D eigenvalue weighted by atomic mass is 10.2. The number of rotatable bonds is 9. The Balaban J connectivity index is 1.96. The van der Waals surface area contributed by atoms with Gasteiger partial charge >= 0.3 is 6.61 Å². The van der Waals surface area contributed by atoms with Gasteiger partial charge in [-0.05, 0) is 42.8 Å². The largest absolute Gasteiger partial charge is 0.490 e. The van der Waals surface area contributed by atoms with Crippen LogP contribution in [0.2, 0.25) is 0 Å². The molecule has 0 atom stereocenters. The number of carbonyl (C=O) groups excluding carboxylic acids is 2. The Morgan fingerprint density at radius 1 is 1.14 bits per heavy atom. The molecule has 29 heavy (non-hydrogen) atoms. The number of alkyl halides is 2. The van der Waals surface area contributed by atoms with E-state index in [4.69, 9.17) is 4.74 Å². The number of carbonyl (C=O) groups is 2. The van der Waals surface area contributed by atoms with Gasteiger partial charge in [-0.15, -0.1) is 0 Å². The van der Waals surface area contributed by atoms with Gasteiger partial charge in [0.25, 0.3) is 5.91 Å². The molecule has 2 amide bonds. The van der Waals surface area contributed by atoms with Gasteiger partial charge in [-0.1, -0.05) is 12.1 Å². The van der Waals surface area contributed by atoms with Crippen molar-refractivity contribution in [3.05, 3.63) is 59.4 Å². The lowest BCUT2D eigenvalue weighted by Gasteiger charge is -2.19. The van der Waals surface area contributed by atoms with Gasteiger partial charge in [0, 0.05) is 19.2 Å². The Kier molecular flexibility index (Phi) is 7.88. The van der Waals surface area contributed by atoms with Crippen molar-refractivity contribution in [3.63, 3.8) is 0 Å². The molecule has 0 bridgehead atoms. The highest BCUT2D eigenvalue weighted by Crippen LogP contribution is 2.30. The molecule has 0 heterocycles. The quantitative estimate of drug-likeness (QED) is 0.689. The van der Waals surface area contributed by atoms with E-state index in [0.717, 1.165) is 6.07 Å². The SMILES string of the molecule is CCOc1cc(CN(C)C(=O)CNC(=O)c2cccc(F)c2)ccc1OC(F)F. The van der Waals surface area contributed by atoms with Crippen molar-refractivity contribution in [2.45, 2.75) is 20.1 Å². The highest BCUT2D eigenvalue weighted by atomic mass is 19.3. The minimum atomic E-state index is -2.98. The van der Waals surface area contributed by atoms with Crippen LogP contribution in [0.25, 0.3) is 0 Å². The molecule has 9 heteroatoms. The summed E-state index contributed by atoms with van der Waals surface area (Å²) in [5, 5.41) is 2.43. The average Bonchev–Trinajstić information content (AvgIpc) is 2.67. The summed E-state index contributed by atoms with van der Waals surface area (Å²) >= 11 is 0. The number of ether oxygens (including phenoxy) is 2. The topological polar surface area (TPSA) is 67.9 Å². The fraction of sp³-hybridized carbons (Fsp3) is 0.300. The first kappa shape index (κ1) is 22.1. The van der Waals surface area contributed by atoms with Crippen molar-refractivity contribution in [1.29, 1.82) is 0 Å². The standard InChI is InChI=1S/C20H21F3N2O4/c1-3-28-17-9-13(7-8-16(17)29-20(22)23)12-25(2)18(26)11-24-19(27)14-5-4-6-15(21)10-14/h4-10,20H,3,11-12H2,1-2H3,(H,24,27). The first-order valence-electron chi connectivity index (χ1n) is 8.78. The zero-order valence-corrected chi connectivity index (χ0v) is 16.0. The zero-order chi connectivity index (χ0) is 21.4. The number of amides is 2. The lowest BCUT2D eigenvalue weighted by Crippen LogP contribution is -2.37. The first-order chi connectivity index (χ1) is 13.8. The molecule has 0 radical (unpaired) electrons. The van der Waals surface area contributed by atoms with Gasteiger partial charge in [-0.25, -0.2) is 4.39 Å². The predicted molar refractivity (Wildman–Crippen MR) is 99.5 cm³/mol. The zero-order valence-electron chi connectivity index (χ0n) is 16.0. The molecular weight excluding hydrogens is 389 g/mol. The molecule has 6 nitrogen and oxygen atoms in total. The van der Waals surface area contributed by atoms with Gasteiger partial charge in [0.15, 0.2) is 11.5 Å². The van der Waals surface area contributed by atoms with Crippen LogP contribution >= 0.6 is 0 Å². The molecule has 0 aliphatic heterocycles. The van der Waals surface area contributed by atoms with Gasteiger partial charge < -0.3 is 19.7 Å². The Morgan fingerprint density at radius 2 is 1.90 bits per heavy atom. The van der Waals surface area contributed by atoms with E-state index in [1.165, 1.54) is 48.3 Å². The van der Waals surface area contributed by atoms with Crippen molar-refractivity contribution < 1.29 is 32.2 Å². The van der Waals surface area contributed by atoms with E-state index in [-0.39, 0.29) is 42.7 Å². The Hall–Kier alpha value is -3.23. The van der Waals surface area contributed by atoms with Crippen LogP contribution in [0.15, 0.2) is 42.5 Å². The van der Waals surface area contributed by atoms with Crippen molar-refractivity contribution in [2.24, 2.45) is 0 Å². The fourth-order valence-electron chi connectivity index (χ4n) is 2.50. The number of halogens is 3. The summed E-state index contributed by atoms with van der Waals surface area (Å²) in [6.45, 7) is -1.15. The predicted octanol–water partition coefficient (Wildman–Crippen LogP) is 3.21. The Labute approximate surface area is 166 Å². The maximum absolute atomic E-state index is 13.2. The van der Waals surface area contributed by atoms with Gasteiger partial charge in [0.1, 0.15) is 5.82 Å². The highest BCUT2D eigenvalue weighted by Gasteiger charge is 2.15. The molecule has 2 rings (SSSR count). The number of benzene rings is 2. The second-order valence-electron chi connectivity index (χ2n) is 6.04. The van der Waals surface area contributed by atoms with Crippen LogP contribution in [0.1, 0.15) is 22.8 Å². The van der Waals surface area contributed by atoms with E-state index >= 15 is 0 Å². The van der Waals surface area contributed by atoms with E-state index in [1.54, 1.807) is 6.92 Å². The average molecular weight is 410 g/mol. The van der Waals surface area contributed by atoms with Crippen molar-refractivity contribution in [2.75, 3.05) is 20.2 Å². The van der Waals surface area contributed by atoms with Crippen LogP contribution in [0.3, 0.4) is 0 Å². The molecule has 0 aliphatic rings. The number of nitrogens with one attached hydrogen (secondary N) is 1. The summed E-state index contributed by atoms with van der Waals surface area (Å²) < 4.78 is 47.8. The van der Waals surface area contributed by atoms with E-state index < -0.39 is 18.3 Å². The van der Waals surface area contributed by atoms with E-state index in [9.17, 15) is 22.8 Å². The maximum Gasteiger partial charge on any atom is 0.387 e. The molecule has 0 fully saturated rings. The lowest BCUT2D eigenvalue weighted by molar-refractivity contribution is -0.129. The molecular formula is C20H21F3N2O4. The number of hydrogen-bond acceptors (Lipinski definition) is 4. The summed E-state index contributed by atoms with van der Waals surface area (Å²) in [4.78, 5) is 25.6. The third-order valence-corrected chi connectivity index (χ3v) is 3.86. The third kappa shape index (κ3) is 6.70. The van der Waals surface area contributed by atoms with E-state index in [2.05, 4.69) is 10.1 Å². The van der Waals surface area contributed by atoms with Crippen LogP contribution in [-0.4, -0.2) is 43.5 Å². The molecule has 0 spiro atoms. The number of likely N-dealkylation sites (N-methyl/N-ethyl adjacent to an activating group) is 1. The van der Waals surface area contributed by atoms with E-state index in [0.29, 0.717) is 5.56 Å². The first-order valence-corrected chi connectivity index (χ1v) is 8.78. The minimum absolute atomic E-state index is 0.0954. The third-order valence-electron chi connectivity index (χ3n) is 3.86. The summed E-state index contributed by atoms with van der Waals surface area (Å²) in [5.41, 5.74) is 0.735. The summed E-state index contributed by atoms with van der Waals surface area (Å²) in [6, 6.07) is 9.51. The molecule has 156 valence electrons. The summed E-state index contributed by atoms with van der Waals surface area (Å²) in [5.74, 6) is -1.46. The van der Waals surface area contributed by atoms with Crippen LogP contribution in [0.5, 0.6) is 11.5 Å². The smallest absolute Gasteiger partial charge is 0.387 e. The summed E-state index contributed by atoms with van der Waals surface area (Å²) in [7, 11) is 1.53. The van der Waals surface area contributed by atoms with Gasteiger partial charge in [0.2, 0.25) is 5.91 Å². The molecule has 2 aromatic carbocycles. The number of nitrogens with zero attached hydrogens (tertiary/aromatic N) is 1. The maximum atomic E-state index is 13.2.